The van der Waals surface area contributed by atoms with Crippen molar-refractivity contribution in [3.63, 3.8) is 0 Å². The van der Waals surface area contributed by atoms with Crippen LogP contribution in [-0.4, -0.2) is 38.9 Å². The van der Waals surface area contributed by atoms with Crippen LogP contribution in [-0.2, 0) is 10.0 Å². The molecule has 148 valence electrons. The number of rotatable bonds is 6. The number of ether oxygens (including phenoxy) is 3. The minimum atomic E-state index is -3.92. The number of hydrogen-bond donors (Lipinski definition) is 1. The molecule has 1 heterocycles. The first-order chi connectivity index (χ1) is 13.3. The van der Waals surface area contributed by atoms with Gasteiger partial charge >= 0.3 is 0 Å². The normalized spacial score (nSPS) is 11.3. The quantitative estimate of drug-likeness (QED) is 0.674. The Morgan fingerprint density at radius 1 is 0.929 bits per heavy atom. The van der Waals surface area contributed by atoms with Crippen LogP contribution in [0.2, 0.25) is 0 Å². The van der Waals surface area contributed by atoms with Gasteiger partial charge in [-0.3, -0.25) is 0 Å². The number of nitrogens with zero attached hydrogens (tertiary/aromatic N) is 2. The van der Waals surface area contributed by atoms with Crippen LogP contribution < -0.4 is 19.9 Å². The average molecular weight is 403 g/mol. The van der Waals surface area contributed by atoms with Gasteiger partial charge in [-0.1, -0.05) is 17.7 Å². The van der Waals surface area contributed by atoms with E-state index in [4.69, 9.17) is 19.9 Å². The lowest BCUT2D eigenvalue weighted by Crippen LogP contribution is -2.16. The molecule has 0 atom stereocenters. The fourth-order valence-electron chi connectivity index (χ4n) is 2.75. The molecule has 0 radical (unpaired) electrons. The van der Waals surface area contributed by atoms with Crippen molar-refractivity contribution in [3.8, 4) is 28.5 Å². The third kappa shape index (κ3) is 3.36. The SMILES string of the molecule is COc1cc(-c2cc(N)n(S(=O)(=O)c3ccc(C)cc3)n2)cc(OC)c1OC. The highest BCUT2D eigenvalue weighted by Gasteiger charge is 2.23. The van der Waals surface area contributed by atoms with E-state index in [2.05, 4.69) is 5.10 Å². The van der Waals surface area contributed by atoms with Gasteiger partial charge in [-0.25, -0.2) is 0 Å². The molecule has 0 aliphatic carbocycles. The molecule has 2 N–H and O–H groups in total. The molecule has 8 nitrogen and oxygen atoms in total. The highest BCUT2D eigenvalue weighted by molar-refractivity contribution is 7.90. The second-order valence-corrected chi connectivity index (χ2v) is 7.80. The maximum atomic E-state index is 12.9. The number of benzene rings is 2. The molecule has 0 saturated heterocycles. The molecule has 0 aliphatic heterocycles. The van der Waals surface area contributed by atoms with E-state index in [0.29, 0.717) is 28.5 Å². The van der Waals surface area contributed by atoms with Gasteiger partial charge in [-0.05, 0) is 31.2 Å². The number of hydrogen-bond acceptors (Lipinski definition) is 7. The molecule has 28 heavy (non-hydrogen) atoms. The van der Waals surface area contributed by atoms with E-state index >= 15 is 0 Å². The second kappa shape index (κ2) is 7.43. The summed E-state index contributed by atoms with van der Waals surface area (Å²) in [5.41, 5.74) is 7.84. The Kier molecular flexibility index (Phi) is 5.19. The van der Waals surface area contributed by atoms with Crippen LogP contribution in [0, 0.1) is 6.92 Å². The Morgan fingerprint density at radius 3 is 2.00 bits per heavy atom. The van der Waals surface area contributed by atoms with E-state index in [1.807, 2.05) is 6.92 Å². The lowest BCUT2D eigenvalue weighted by molar-refractivity contribution is 0.324. The predicted octanol–water partition coefficient (Wildman–Crippen LogP) is 2.70. The van der Waals surface area contributed by atoms with E-state index < -0.39 is 10.0 Å². The first kappa shape index (κ1) is 19.6. The zero-order valence-electron chi connectivity index (χ0n) is 16.0. The largest absolute Gasteiger partial charge is 0.493 e. The van der Waals surface area contributed by atoms with Crippen molar-refractivity contribution in [2.24, 2.45) is 0 Å². The summed E-state index contributed by atoms with van der Waals surface area (Å²) in [6.07, 6.45) is 0. The summed E-state index contributed by atoms with van der Waals surface area (Å²) >= 11 is 0. The van der Waals surface area contributed by atoms with Gasteiger partial charge in [0.15, 0.2) is 11.5 Å². The molecule has 3 rings (SSSR count). The Balaban J connectivity index is 2.11. The second-order valence-electron chi connectivity index (χ2n) is 6.03. The molecular weight excluding hydrogens is 382 g/mol. The summed E-state index contributed by atoms with van der Waals surface area (Å²) in [6.45, 7) is 1.88. The van der Waals surface area contributed by atoms with E-state index in [-0.39, 0.29) is 10.7 Å². The van der Waals surface area contributed by atoms with E-state index in [1.54, 1.807) is 24.3 Å². The van der Waals surface area contributed by atoms with Crippen LogP contribution in [0.15, 0.2) is 47.4 Å². The molecule has 1 aromatic heterocycles. The smallest absolute Gasteiger partial charge is 0.284 e. The van der Waals surface area contributed by atoms with Crippen molar-refractivity contribution in [3.05, 3.63) is 48.0 Å². The Bertz CT molecular complexity index is 1080. The van der Waals surface area contributed by atoms with E-state index in [0.717, 1.165) is 9.65 Å². The van der Waals surface area contributed by atoms with Gasteiger partial charge < -0.3 is 19.9 Å². The molecule has 0 saturated carbocycles. The monoisotopic (exact) mass is 403 g/mol. The van der Waals surface area contributed by atoms with Crippen LogP contribution in [0.4, 0.5) is 5.82 Å². The fourth-order valence-corrected chi connectivity index (χ4v) is 3.96. The van der Waals surface area contributed by atoms with Gasteiger partial charge in [0.2, 0.25) is 5.75 Å². The maximum Gasteiger partial charge on any atom is 0.284 e. The van der Waals surface area contributed by atoms with Crippen LogP contribution in [0.5, 0.6) is 17.2 Å². The summed E-state index contributed by atoms with van der Waals surface area (Å²) in [7, 11) is 0.568. The number of aromatic nitrogens is 2. The zero-order valence-corrected chi connectivity index (χ0v) is 16.8. The Morgan fingerprint density at radius 2 is 1.50 bits per heavy atom. The van der Waals surface area contributed by atoms with Crippen LogP contribution in [0.3, 0.4) is 0 Å². The highest BCUT2D eigenvalue weighted by Crippen LogP contribution is 2.41. The zero-order chi connectivity index (χ0) is 20.5. The summed E-state index contributed by atoms with van der Waals surface area (Å²) < 4.78 is 42.6. The average Bonchev–Trinajstić information content (AvgIpc) is 3.09. The third-order valence-corrected chi connectivity index (χ3v) is 5.83. The molecule has 0 aliphatic rings. The number of aryl methyl sites for hydroxylation is 1. The molecule has 2 aromatic carbocycles. The molecule has 0 spiro atoms. The number of nitrogen functional groups attached to an aromatic ring is 1. The molecule has 0 fully saturated rings. The van der Waals surface area contributed by atoms with Gasteiger partial charge in [0.05, 0.1) is 31.9 Å². The van der Waals surface area contributed by atoms with Crippen molar-refractivity contribution < 1.29 is 22.6 Å². The van der Waals surface area contributed by atoms with Gasteiger partial charge in [-0.15, -0.1) is 4.09 Å². The predicted molar refractivity (Wildman–Crippen MR) is 105 cm³/mol. The van der Waals surface area contributed by atoms with Crippen molar-refractivity contribution >= 4 is 15.8 Å². The maximum absolute atomic E-state index is 12.9. The van der Waals surface area contributed by atoms with Crippen molar-refractivity contribution in [1.82, 2.24) is 9.19 Å². The van der Waals surface area contributed by atoms with E-state index in [9.17, 15) is 8.42 Å². The first-order valence-corrected chi connectivity index (χ1v) is 9.74. The topological polar surface area (TPSA) is 106 Å². The van der Waals surface area contributed by atoms with Crippen molar-refractivity contribution in [1.29, 1.82) is 0 Å². The third-order valence-electron chi connectivity index (χ3n) is 4.21. The number of nitrogens with two attached hydrogens (primary N) is 1. The molecule has 0 amide bonds. The number of anilines is 1. The molecular formula is C19H21N3O5S. The first-order valence-electron chi connectivity index (χ1n) is 8.30. The summed E-state index contributed by atoms with van der Waals surface area (Å²) in [6, 6.07) is 11.3. The Hall–Kier alpha value is -3.20. The molecule has 9 heteroatoms. The van der Waals surface area contributed by atoms with Gasteiger partial charge in [0.1, 0.15) is 5.82 Å². The standard InChI is InChI=1S/C19H21N3O5S/c1-12-5-7-14(8-6-12)28(23,24)22-18(20)11-15(21-22)13-9-16(25-2)19(27-4)17(10-13)26-3/h5-11H,20H2,1-4H3. The van der Waals surface area contributed by atoms with E-state index in [1.165, 1.54) is 39.5 Å². The fraction of sp³-hybridized carbons (Fsp3) is 0.211. The molecule has 0 unspecified atom stereocenters. The highest BCUT2D eigenvalue weighted by atomic mass is 32.2. The Labute approximate surface area is 163 Å². The van der Waals surface area contributed by atoms with Gasteiger partial charge in [0, 0.05) is 11.6 Å². The van der Waals surface area contributed by atoms with Crippen molar-refractivity contribution in [2.75, 3.05) is 27.1 Å². The van der Waals surface area contributed by atoms with Crippen LogP contribution in [0.25, 0.3) is 11.3 Å². The minimum Gasteiger partial charge on any atom is -0.493 e. The van der Waals surface area contributed by atoms with Crippen LogP contribution in [0.1, 0.15) is 5.56 Å². The molecule has 0 bridgehead atoms. The minimum absolute atomic E-state index is 0.00988. The van der Waals surface area contributed by atoms with Gasteiger partial charge in [-0.2, -0.15) is 13.5 Å². The lowest BCUT2D eigenvalue weighted by atomic mass is 10.1. The summed E-state index contributed by atoms with van der Waals surface area (Å²) in [5.74, 6) is 1.26. The van der Waals surface area contributed by atoms with Gasteiger partial charge in [0.25, 0.3) is 10.0 Å². The van der Waals surface area contributed by atoms with Crippen molar-refractivity contribution in [2.45, 2.75) is 11.8 Å². The molecule has 3 aromatic rings. The van der Waals surface area contributed by atoms with Crippen LogP contribution >= 0.6 is 0 Å². The lowest BCUT2D eigenvalue weighted by Gasteiger charge is -2.13. The summed E-state index contributed by atoms with van der Waals surface area (Å²) in [5, 5.41) is 4.21. The number of methoxy groups -OCH3 is 3. The summed E-state index contributed by atoms with van der Waals surface area (Å²) in [4.78, 5) is 0.101.